The number of rotatable bonds is 8. The standard InChI is InChI=1S/C54H46N2/c1-3-13-39(14-4-1)41-25-31-47(32-26-41)55(48-33-27-42(28-34-48)45-18-11-17-44(37-45)40-15-5-2-6-16-40)49-35-29-43(30-36-49)46-19-12-20-50(38-46)56-53-23-9-7-21-51(53)52-22-8-10-24-54(52)56/h1-5,7-10,13-15,18,20-29,31-35,37-38H,6,11-12,16-17,19,30,36H2. The van der Waals surface area contributed by atoms with Gasteiger partial charge in [-0.2, -0.15) is 0 Å². The molecule has 56 heavy (non-hydrogen) atoms. The third-order valence-electron chi connectivity index (χ3n) is 12.0. The number of hydrogen-bond donors (Lipinski definition) is 0. The molecule has 1 aromatic heterocycles. The molecule has 10 rings (SSSR count). The Bertz CT molecular complexity index is 2650. The maximum Gasteiger partial charge on any atom is 0.0540 e. The Hall–Kier alpha value is -6.38. The van der Waals surface area contributed by atoms with Gasteiger partial charge in [-0.05, 0) is 144 Å². The van der Waals surface area contributed by atoms with E-state index in [9.17, 15) is 0 Å². The van der Waals surface area contributed by atoms with Gasteiger partial charge < -0.3 is 9.47 Å². The van der Waals surface area contributed by atoms with Crippen LogP contribution in [0.5, 0.6) is 0 Å². The maximum atomic E-state index is 2.47. The number of benzene rings is 5. The molecule has 0 atom stereocenters. The molecule has 0 radical (unpaired) electrons. The monoisotopic (exact) mass is 722 g/mol. The van der Waals surface area contributed by atoms with Gasteiger partial charge in [0, 0.05) is 33.5 Å². The first-order chi connectivity index (χ1) is 27.8. The van der Waals surface area contributed by atoms with E-state index in [4.69, 9.17) is 0 Å². The Morgan fingerprint density at radius 2 is 1.02 bits per heavy atom. The van der Waals surface area contributed by atoms with Crippen LogP contribution < -0.4 is 4.90 Å². The van der Waals surface area contributed by atoms with Crippen LogP contribution in [-0.4, -0.2) is 4.57 Å². The van der Waals surface area contributed by atoms with Crippen LogP contribution >= 0.6 is 0 Å². The summed E-state index contributed by atoms with van der Waals surface area (Å²) in [6, 6.07) is 46.7. The Morgan fingerprint density at radius 1 is 0.429 bits per heavy atom. The molecule has 0 saturated carbocycles. The Morgan fingerprint density at radius 3 is 1.68 bits per heavy atom. The summed E-state index contributed by atoms with van der Waals surface area (Å²) in [5.41, 5.74) is 18.5. The Labute approximate surface area is 330 Å². The van der Waals surface area contributed by atoms with Crippen molar-refractivity contribution in [3.05, 3.63) is 216 Å². The van der Waals surface area contributed by atoms with E-state index in [-0.39, 0.29) is 0 Å². The topological polar surface area (TPSA) is 8.17 Å². The van der Waals surface area contributed by atoms with E-state index in [0.29, 0.717) is 0 Å². The van der Waals surface area contributed by atoms with Crippen LogP contribution in [0.25, 0.3) is 44.2 Å². The van der Waals surface area contributed by atoms with Gasteiger partial charge >= 0.3 is 0 Å². The molecule has 0 fully saturated rings. The Kier molecular flexibility index (Phi) is 9.17. The number of nitrogens with zero attached hydrogens (tertiary/aromatic N) is 2. The molecule has 2 heteroatoms. The van der Waals surface area contributed by atoms with Crippen LogP contribution in [0, 0.1) is 0 Å². The molecule has 0 aliphatic heterocycles. The molecule has 0 unspecified atom stereocenters. The molecule has 2 nitrogen and oxygen atoms in total. The summed E-state index contributed by atoms with van der Waals surface area (Å²) in [5, 5.41) is 2.62. The molecular formula is C54H46N2. The highest BCUT2D eigenvalue weighted by Gasteiger charge is 2.22. The molecule has 0 bridgehead atoms. The summed E-state index contributed by atoms with van der Waals surface area (Å²) < 4.78 is 2.46. The quantitative estimate of drug-likeness (QED) is 0.152. The van der Waals surface area contributed by atoms with Crippen molar-refractivity contribution in [2.24, 2.45) is 0 Å². The zero-order valence-electron chi connectivity index (χ0n) is 31.9. The first kappa shape index (κ1) is 34.1. The average Bonchev–Trinajstić information content (AvgIpc) is 3.62. The molecule has 0 spiro atoms. The fraction of sp³-hybridized carbons (Fsp3) is 0.148. The van der Waals surface area contributed by atoms with Gasteiger partial charge in [-0.25, -0.2) is 0 Å². The summed E-state index contributed by atoms with van der Waals surface area (Å²) in [6.45, 7) is 0. The number of para-hydroxylation sites is 2. The van der Waals surface area contributed by atoms with E-state index in [1.54, 1.807) is 0 Å². The first-order valence-corrected chi connectivity index (χ1v) is 20.4. The lowest BCUT2D eigenvalue weighted by molar-refractivity contribution is 0.849. The summed E-state index contributed by atoms with van der Waals surface area (Å²) in [5.74, 6) is 0. The van der Waals surface area contributed by atoms with Crippen LogP contribution in [-0.2, 0) is 0 Å². The lowest BCUT2D eigenvalue weighted by atomic mass is 9.87. The predicted octanol–water partition coefficient (Wildman–Crippen LogP) is 14.8. The largest absolute Gasteiger partial charge is 0.314 e. The van der Waals surface area contributed by atoms with E-state index in [1.807, 2.05) is 0 Å². The minimum absolute atomic E-state index is 0.973. The van der Waals surface area contributed by atoms with Crippen molar-refractivity contribution in [1.29, 1.82) is 0 Å². The molecule has 5 aromatic carbocycles. The molecule has 4 aliphatic carbocycles. The van der Waals surface area contributed by atoms with Crippen LogP contribution in [0.15, 0.2) is 210 Å². The van der Waals surface area contributed by atoms with Gasteiger partial charge in [0.05, 0.1) is 11.0 Å². The van der Waals surface area contributed by atoms with Gasteiger partial charge in [0.15, 0.2) is 0 Å². The molecule has 0 N–H and O–H groups in total. The highest BCUT2D eigenvalue weighted by atomic mass is 15.1. The van der Waals surface area contributed by atoms with E-state index in [0.717, 1.165) is 51.4 Å². The van der Waals surface area contributed by atoms with Crippen LogP contribution in [0.2, 0.25) is 0 Å². The highest BCUT2D eigenvalue weighted by Crippen LogP contribution is 2.41. The highest BCUT2D eigenvalue weighted by molar-refractivity contribution is 6.10. The predicted molar refractivity (Wildman–Crippen MR) is 239 cm³/mol. The van der Waals surface area contributed by atoms with Gasteiger partial charge in [-0.15, -0.1) is 0 Å². The van der Waals surface area contributed by atoms with Crippen LogP contribution in [0.3, 0.4) is 0 Å². The number of anilines is 2. The second-order valence-corrected chi connectivity index (χ2v) is 15.4. The summed E-state index contributed by atoms with van der Waals surface area (Å²) >= 11 is 0. The molecule has 0 amide bonds. The second-order valence-electron chi connectivity index (χ2n) is 15.4. The summed E-state index contributed by atoms with van der Waals surface area (Å²) in [7, 11) is 0. The number of fused-ring (bicyclic) bond motifs is 3. The Balaban J connectivity index is 0.979. The molecule has 4 aliphatic rings. The number of allylic oxidation sites excluding steroid dienone is 16. The van der Waals surface area contributed by atoms with Crippen LogP contribution in [0.1, 0.15) is 56.9 Å². The van der Waals surface area contributed by atoms with E-state index < -0.39 is 0 Å². The van der Waals surface area contributed by atoms with Crippen molar-refractivity contribution in [1.82, 2.24) is 4.57 Å². The van der Waals surface area contributed by atoms with E-state index in [1.165, 1.54) is 89.1 Å². The normalized spacial score (nSPS) is 17.0. The second kappa shape index (κ2) is 15.0. The SMILES string of the molecule is C1=CCCC(C2=CC(c3ccc(N(C4=CC=C(C5=CC(n6c7ccccc7c7ccccc76)=CCC5)CC4)c4ccc(-c5ccccc5)cc4)cc3)=CCC2)=C1. The summed E-state index contributed by atoms with van der Waals surface area (Å²) in [4.78, 5) is 2.47. The molecule has 0 saturated heterocycles. The zero-order chi connectivity index (χ0) is 37.3. The third-order valence-corrected chi connectivity index (χ3v) is 12.0. The van der Waals surface area contributed by atoms with Crippen molar-refractivity contribution >= 4 is 44.5 Å². The van der Waals surface area contributed by atoms with Crippen molar-refractivity contribution in [3.63, 3.8) is 0 Å². The van der Waals surface area contributed by atoms with Crippen LogP contribution in [0.4, 0.5) is 11.4 Å². The van der Waals surface area contributed by atoms with Gasteiger partial charge in [-0.1, -0.05) is 134 Å². The zero-order valence-corrected chi connectivity index (χ0v) is 31.9. The van der Waals surface area contributed by atoms with Gasteiger partial charge in [0.25, 0.3) is 0 Å². The fourth-order valence-electron chi connectivity index (χ4n) is 9.12. The smallest absolute Gasteiger partial charge is 0.0540 e. The minimum atomic E-state index is 0.973. The molecule has 272 valence electrons. The molecule has 1 heterocycles. The number of hydrogen-bond acceptors (Lipinski definition) is 1. The van der Waals surface area contributed by atoms with Gasteiger partial charge in [-0.3, -0.25) is 0 Å². The molecule has 6 aromatic rings. The maximum absolute atomic E-state index is 2.47. The average molecular weight is 723 g/mol. The minimum Gasteiger partial charge on any atom is -0.314 e. The van der Waals surface area contributed by atoms with E-state index >= 15 is 0 Å². The molecular weight excluding hydrogens is 677 g/mol. The first-order valence-electron chi connectivity index (χ1n) is 20.4. The van der Waals surface area contributed by atoms with Crippen molar-refractivity contribution in [2.45, 2.75) is 51.4 Å². The third kappa shape index (κ3) is 6.56. The lowest BCUT2D eigenvalue weighted by Crippen LogP contribution is -2.18. The fourth-order valence-corrected chi connectivity index (χ4v) is 9.12. The van der Waals surface area contributed by atoms with Gasteiger partial charge in [0.2, 0.25) is 0 Å². The van der Waals surface area contributed by atoms with Crippen molar-refractivity contribution in [2.75, 3.05) is 4.90 Å². The van der Waals surface area contributed by atoms with Gasteiger partial charge in [0.1, 0.15) is 0 Å². The van der Waals surface area contributed by atoms with E-state index in [2.05, 4.69) is 192 Å². The lowest BCUT2D eigenvalue weighted by Gasteiger charge is -2.31. The summed E-state index contributed by atoms with van der Waals surface area (Å²) in [6.07, 6.45) is 29.9. The number of aromatic nitrogens is 1. The van der Waals surface area contributed by atoms with Crippen molar-refractivity contribution < 1.29 is 0 Å². The van der Waals surface area contributed by atoms with Crippen molar-refractivity contribution in [3.8, 4) is 11.1 Å².